The van der Waals surface area contributed by atoms with Crippen LogP contribution in [-0.4, -0.2) is 14.8 Å². The van der Waals surface area contributed by atoms with Gasteiger partial charge in [-0.3, -0.25) is 0 Å². The molecule has 0 aliphatic carbocycles. The first-order valence-electron chi connectivity index (χ1n) is 5.64. The van der Waals surface area contributed by atoms with Crippen LogP contribution >= 0.6 is 23.8 Å². The fraction of sp³-hybridized carbons (Fsp3) is 0.231. The quantitative estimate of drug-likeness (QED) is 0.877. The van der Waals surface area contributed by atoms with E-state index in [-0.39, 0.29) is 0 Å². The molecule has 0 amide bonds. The standard InChI is InChI=1S/C13H14ClN3S/c1-8(2)12-5-6-17(16-12)9-3-4-10(13(15)18)11(14)7-9/h3-8H,1-2H3,(H2,15,18). The number of thiocarbonyl (C=S) groups is 1. The van der Waals surface area contributed by atoms with Crippen molar-refractivity contribution in [3.8, 4) is 5.69 Å². The van der Waals surface area contributed by atoms with Gasteiger partial charge < -0.3 is 5.73 Å². The van der Waals surface area contributed by atoms with E-state index in [1.165, 1.54) is 0 Å². The predicted octanol–water partition coefficient (Wildman–Crippen LogP) is 3.28. The molecule has 1 heterocycles. The van der Waals surface area contributed by atoms with Crippen molar-refractivity contribution in [2.24, 2.45) is 5.73 Å². The van der Waals surface area contributed by atoms with E-state index in [1.807, 2.05) is 30.5 Å². The summed E-state index contributed by atoms with van der Waals surface area (Å²) in [5, 5.41) is 5.03. The molecule has 0 aliphatic rings. The highest BCUT2D eigenvalue weighted by Crippen LogP contribution is 2.21. The summed E-state index contributed by atoms with van der Waals surface area (Å²) in [5.74, 6) is 0.401. The molecular weight excluding hydrogens is 266 g/mol. The summed E-state index contributed by atoms with van der Waals surface area (Å²) in [7, 11) is 0. The minimum absolute atomic E-state index is 0.301. The predicted molar refractivity (Wildman–Crippen MR) is 78.6 cm³/mol. The zero-order valence-corrected chi connectivity index (χ0v) is 11.8. The first-order valence-corrected chi connectivity index (χ1v) is 6.43. The molecule has 94 valence electrons. The smallest absolute Gasteiger partial charge is 0.105 e. The lowest BCUT2D eigenvalue weighted by Crippen LogP contribution is -2.10. The van der Waals surface area contributed by atoms with Gasteiger partial charge in [0.05, 0.1) is 16.4 Å². The number of nitrogens with two attached hydrogens (primary N) is 1. The normalized spacial score (nSPS) is 10.9. The molecule has 0 aliphatic heterocycles. The topological polar surface area (TPSA) is 43.8 Å². The van der Waals surface area contributed by atoms with Crippen LogP contribution in [0.5, 0.6) is 0 Å². The molecule has 18 heavy (non-hydrogen) atoms. The molecule has 0 atom stereocenters. The molecule has 3 nitrogen and oxygen atoms in total. The van der Waals surface area contributed by atoms with Crippen molar-refractivity contribution in [3.05, 3.63) is 46.7 Å². The molecule has 1 aromatic carbocycles. The van der Waals surface area contributed by atoms with E-state index in [9.17, 15) is 0 Å². The third-order valence-electron chi connectivity index (χ3n) is 2.68. The highest BCUT2D eigenvalue weighted by Gasteiger charge is 2.08. The first kappa shape index (κ1) is 13.1. The van der Waals surface area contributed by atoms with Crippen LogP contribution in [0.15, 0.2) is 30.5 Å². The molecule has 1 aromatic heterocycles. The SMILES string of the molecule is CC(C)c1ccn(-c2ccc(C(N)=S)c(Cl)c2)n1. The van der Waals surface area contributed by atoms with E-state index in [0.717, 1.165) is 11.4 Å². The van der Waals surface area contributed by atoms with Gasteiger partial charge in [0, 0.05) is 11.8 Å². The Morgan fingerprint density at radius 2 is 2.11 bits per heavy atom. The average molecular weight is 280 g/mol. The van der Waals surface area contributed by atoms with E-state index in [1.54, 1.807) is 4.68 Å². The lowest BCUT2D eigenvalue weighted by Gasteiger charge is -2.06. The number of halogens is 1. The van der Waals surface area contributed by atoms with Crippen molar-refractivity contribution >= 4 is 28.8 Å². The fourth-order valence-electron chi connectivity index (χ4n) is 1.64. The summed E-state index contributed by atoms with van der Waals surface area (Å²) in [5.41, 5.74) is 8.20. The second-order valence-electron chi connectivity index (χ2n) is 4.37. The molecule has 0 radical (unpaired) electrons. The molecule has 2 rings (SSSR count). The maximum atomic E-state index is 6.14. The number of rotatable bonds is 3. The highest BCUT2D eigenvalue weighted by atomic mass is 35.5. The summed E-state index contributed by atoms with van der Waals surface area (Å²) in [6, 6.07) is 7.53. The second-order valence-corrected chi connectivity index (χ2v) is 5.22. The summed E-state index contributed by atoms with van der Waals surface area (Å²) in [6.07, 6.45) is 1.92. The summed E-state index contributed by atoms with van der Waals surface area (Å²) in [4.78, 5) is 0.301. The van der Waals surface area contributed by atoms with Gasteiger partial charge in [0.1, 0.15) is 4.99 Å². The molecule has 0 fully saturated rings. The molecule has 0 unspecified atom stereocenters. The van der Waals surface area contributed by atoms with Crippen LogP contribution < -0.4 is 5.73 Å². The van der Waals surface area contributed by atoms with Gasteiger partial charge in [-0.05, 0) is 30.2 Å². The second kappa shape index (κ2) is 5.08. The number of nitrogens with zero attached hydrogens (tertiary/aromatic N) is 2. The molecule has 0 saturated heterocycles. The summed E-state index contributed by atoms with van der Waals surface area (Å²) in [6.45, 7) is 4.21. The Morgan fingerprint density at radius 3 is 2.61 bits per heavy atom. The minimum atomic E-state index is 0.301. The maximum Gasteiger partial charge on any atom is 0.105 e. The van der Waals surface area contributed by atoms with Crippen molar-refractivity contribution in [2.45, 2.75) is 19.8 Å². The largest absolute Gasteiger partial charge is 0.389 e. The van der Waals surface area contributed by atoms with Crippen molar-refractivity contribution in [1.29, 1.82) is 0 Å². The van der Waals surface area contributed by atoms with Crippen LogP contribution in [0.4, 0.5) is 0 Å². The van der Waals surface area contributed by atoms with Crippen LogP contribution in [0.1, 0.15) is 31.0 Å². The monoisotopic (exact) mass is 279 g/mol. The molecular formula is C13H14ClN3S. The molecule has 2 N–H and O–H groups in total. The Hall–Kier alpha value is -1.39. The van der Waals surface area contributed by atoms with E-state index in [4.69, 9.17) is 29.6 Å². The Balaban J connectivity index is 2.39. The van der Waals surface area contributed by atoms with Crippen LogP contribution in [0.25, 0.3) is 5.69 Å². The molecule has 2 aromatic rings. The van der Waals surface area contributed by atoms with E-state index < -0.39 is 0 Å². The van der Waals surface area contributed by atoms with Gasteiger partial charge in [-0.2, -0.15) is 5.10 Å². The molecule has 5 heteroatoms. The fourth-order valence-corrected chi connectivity index (χ4v) is 2.15. The van der Waals surface area contributed by atoms with Gasteiger partial charge in [-0.25, -0.2) is 4.68 Å². The molecule has 0 saturated carbocycles. The Kier molecular flexibility index (Phi) is 3.68. The number of hydrogen-bond donors (Lipinski definition) is 1. The van der Waals surface area contributed by atoms with Gasteiger partial charge >= 0.3 is 0 Å². The molecule has 0 spiro atoms. The summed E-state index contributed by atoms with van der Waals surface area (Å²) >= 11 is 11.1. The number of aromatic nitrogens is 2. The lowest BCUT2D eigenvalue weighted by molar-refractivity contribution is 0.768. The molecule has 0 bridgehead atoms. The van der Waals surface area contributed by atoms with E-state index in [2.05, 4.69) is 18.9 Å². The zero-order valence-electron chi connectivity index (χ0n) is 10.2. The van der Waals surface area contributed by atoms with Gasteiger partial charge in [0.25, 0.3) is 0 Å². The summed E-state index contributed by atoms with van der Waals surface area (Å²) < 4.78 is 1.80. The maximum absolute atomic E-state index is 6.14. The lowest BCUT2D eigenvalue weighted by atomic mass is 10.1. The van der Waals surface area contributed by atoms with Gasteiger partial charge in [-0.1, -0.05) is 37.7 Å². The van der Waals surface area contributed by atoms with Gasteiger partial charge in [0.2, 0.25) is 0 Å². The van der Waals surface area contributed by atoms with E-state index in [0.29, 0.717) is 21.5 Å². The van der Waals surface area contributed by atoms with Crippen molar-refractivity contribution in [1.82, 2.24) is 9.78 Å². The van der Waals surface area contributed by atoms with Crippen molar-refractivity contribution in [2.75, 3.05) is 0 Å². The third kappa shape index (κ3) is 2.54. The van der Waals surface area contributed by atoms with E-state index >= 15 is 0 Å². The van der Waals surface area contributed by atoms with Crippen molar-refractivity contribution < 1.29 is 0 Å². The van der Waals surface area contributed by atoms with Crippen LogP contribution in [-0.2, 0) is 0 Å². The average Bonchev–Trinajstić information content (AvgIpc) is 2.77. The van der Waals surface area contributed by atoms with Crippen molar-refractivity contribution in [3.63, 3.8) is 0 Å². The number of benzene rings is 1. The Bertz CT molecular complexity index is 590. The Morgan fingerprint density at radius 1 is 1.39 bits per heavy atom. The van der Waals surface area contributed by atoms with Crippen LogP contribution in [0, 0.1) is 0 Å². The van der Waals surface area contributed by atoms with Gasteiger partial charge in [-0.15, -0.1) is 0 Å². The van der Waals surface area contributed by atoms with Gasteiger partial charge in [0.15, 0.2) is 0 Å². The first-order chi connectivity index (χ1) is 8.49. The Labute approximate surface area is 117 Å². The highest BCUT2D eigenvalue weighted by molar-refractivity contribution is 7.80. The van der Waals surface area contributed by atoms with Crippen LogP contribution in [0.2, 0.25) is 5.02 Å². The minimum Gasteiger partial charge on any atom is -0.389 e. The zero-order chi connectivity index (χ0) is 13.3. The number of hydrogen-bond acceptors (Lipinski definition) is 2. The van der Waals surface area contributed by atoms with Crippen LogP contribution in [0.3, 0.4) is 0 Å². The third-order valence-corrected chi connectivity index (χ3v) is 3.22.